The van der Waals surface area contributed by atoms with Crippen molar-refractivity contribution in [3.8, 4) is 0 Å². The quantitative estimate of drug-likeness (QED) is 0.551. The molecular weight excluding hydrogens is 238 g/mol. The molecular formula is C16H37NO2. The first kappa shape index (κ1) is 21.2. The second kappa shape index (κ2) is 12.9. The standard InChI is InChI=1S/C16H36NO.H2O/c1-5-8-12-17(13-9-6-2,14-10-7-3)15-11-16(4)18;/h16,18H,5-15H2,1-4H3;1H2/q+1;/p-1. The van der Waals surface area contributed by atoms with Gasteiger partial charge in [-0.15, -0.1) is 0 Å². The second-order valence-electron chi connectivity index (χ2n) is 5.93. The molecule has 0 aliphatic carbocycles. The molecule has 0 aliphatic heterocycles. The summed E-state index contributed by atoms with van der Waals surface area (Å²) in [5.74, 6) is 0. The molecule has 1 atom stereocenters. The van der Waals surface area contributed by atoms with Gasteiger partial charge in [0, 0.05) is 6.42 Å². The van der Waals surface area contributed by atoms with Gasteiger partial charge in [-0.3, -0.25) is 0 Å². The highest BCUT2D eigenvalue weighted by molar-refractivity contribution is 4.52. The van der Waals surface area contributed by atoms with Gasteiger partial charge in [-0.1, -0.05) is 40.0 Å². The number of unbranched alkanes of at least 4 members (excludes halogenated alkanes) is 3. The Hall–Kier alpha value is -0.120. The summed E-state index contributed by atoms with van der Waals surface area (Å²) in [6, 6.07) is 0. The molecule has 0 fully saturated rings. The smallest absolute Gasteiger partial charge is 0.0811 e. The molecule has 3 heteroatoms. The lowest BCUT2D eigenvalue weighted by molar-refractivity contribution is -0.929. The Bertz CT molecular complexity index is 162. The lowest BCUT2D eigenvalue weighted by Crippen LogP contribution is -2.51. The van der Waals surface area contributed by atoms with Crippen LogP contribution in [0, 0.1) is 0 Å². The van der Waals surface area contributed by atoms with E-state index in [2.05, 4.69) is 20.8 Å². The largest absolute Gasteiger partial charge is 0.870 e. The molecule has 0 radical (unpaired) electrons. The van der Waals surface area contributed by atoms with Gasteiger partial charge in [-0.2, -0.15) is 0 Å². The highest BCUT2D eigenvalue weighted by atomic mass is 16.3. The molecule has 0 aromatic heterocycles. The zero-order valence-electron chi connectivity index (χ0n) is 13.7. The van der Waals surface area contributed by atoms with Crippen molar-refractivity contribution < 1.29 is 15.1 Å². The number of aliphatic hydroxyl groups is 1. The van der Waals surface area contributed by atoms with E-state index in [1.165, 1.54) is 62.6 Å². The highest BCUT2D eigenvalue weighted by Crippen LogP contribution is 2.16. The van der Waals surface area contributed by atoms with Gasteiger partial charge in [-0.05, 0) is 26.2 Å². The van der Waals surface area contributed by atoms with Crippen molar-refractivity contribution >= 4 is 0 Å². The SMILES string of the molecule is CCCC[N+](CCCC)(CCCC)CCC(C)O.[OH-]. The number of quaternary nitrogens is 1. The lowest BCUT2D eigenvalue weighted by atomic mass is 10.1. The molecule has 0 aromatic carbocycles. The number of aliphatic hydroxyl groups excluding tert-OH is 1. The van der Waals surface area contributed by atoms with Crippen LogP contribution in [0.15, 0.2) is 0 Å². The molecule has 3 nitrogen and oxygen atoms in total. The van der Waals surface area contributed by atoms with Crippen LogP contribution in [0.3, 0.4) is 0 Å². The van der Waals surface area contributed by atoms with Crippen LogP contribution in [-0.2, 0) is 0 Å². The molecule has 0 heterocycles. The van der Waals surface area contributed by atoms with Crippen molar-refractivity contribution in [3.63, 3.8) is 0 Å². The molecule has 118 valence electrons. The Kier molecular flexibility index (Phi) is 14.4. The van der Waals surface area contributed by atoms with Crippen LogP contribution >= 0.6 is 0 Å². The van der Waals surface area contributed by atoms with Gasteiger partial charge in [0.1, 0.15) is 0 Å². The molecule has 2 N–H and O–H groups in total. The molecule has 19 heavy (non-hydrogen) atoms. The fraction of sp³-hybridized carbons (Fsp3) is 1.00. The summed E-state index contributed by atoms with van der Waals surface area (Å²) in [6.45, 7) is 13.9. The fourth-order valence-corrected chi connectivity index (χ4v) is 2.61. The summed E-state index contributed by atoms with van der Waals surface area (Å²) in [5.41, 5.74) is 0. The summed E-state index contributed by atoms with van der Waals surface area (Å²) in [7, 11) is 0. The Labute approximate surface area is 120 Å². The first-order valence-electron chi connectivity index (χ1n) is 8.13. The maximum Gasteiger partial charge on any atom is 0.0811 e. The summed E-state index contributed by atoms with van der Waals surface area (Å²) >= 11 is 0. The number of hydrogen-bond acceptors (Lipinski definition) is 2. The van der Waals surface area contributed by atoms with Crippen LogP contribution in [0.5, 0.6) is 0 Å². The third-order valence-electron chi connectivity index (χ3n) is 3.98. The van der Waals surface area contributed by atoms with Crippen molar-refractivity contribution in [1.29, 1.82) is 0 Å². The van der Waals surface area contributed by atoms with Gasteiger partial charge < -0.3 is 15.1 Å². The summed E-state index contributed by atoms with van der Waals surface area (Å²) < 4.78 is 1.25. The minimum atomic E-state index is -0.146. The van der Waals surface area contributed by atoms with Gasteiger partial charge in [0.2, 0.25) is 0 Å². The van der Waals surface area contributed by atoms with Gasteiger partial charge in [0.25, 0.3) is 0 Å². The zero-order valence-corrected chi connectivity index (χ0v) is 13.7. The number of hydrogen-bond donors (Lipinski definition) is 1. The fourth-order valence-electron chi connectivity index (χ4n) is 2.61. The summed E-state index contributed by atoms with van der Waals surface area (Å²) in [6.07, 6.45) is 8.64. The van der Waals surface area contributed by atoms with Gasteiger partial charge >= 0.3 is 0 Å². The van der Waals surface area contributed by atoms with E-state index < -0.39 is 0 Å². The van der Waals surface area contributed by atoms with Crippen molar-refractivity contribution in [2.45, 2.75) is 78.7 Å². The van der Waals surface area contributed by atoms with Crippen molar-refractivity contribution in [2.75, 3.05) is 26.2 Å². The van der Waals surface area contributed by atoms with E-state index in [-0.39, 0.29) is 11.6 Å². The Balaban J connectivity index is 0. The minimum Gasteiger partial charge on any atom is -0.870 e. The van der Waals surface area contributed by atoms with Crippen LogP contribution in [0.4, 0.5) is 0 Å². The second-order valence-corrected chi connectivity index (χ2v) is 5.93. The summed E-state index contributed by atoms with van der Waals surface area (Å²) in [5, 5.41) is 9.58. The predicted octanol–water partition coefficient (Wildman–Crippen LogP) is 3.80. The van der Waals surface area contributed by atoms with Crippen molar-refractivity contribution in [3.05, 3.63) is 0 Å². The molecule has 0 spiro atoms. The van der Waals surface area contributed by atoms with E-state index in [0.717, 1.165) is 13.0 Å². The van der Waals surface area contributed by atoms with Crippen molar-refractivity contribution in [2.24, 2.45) is 0 Å². The normalized spacial score (nSPS) is 13.1. The summed E-state index contributed by atoms with van der Waals surface area (Å²) in [4.78, 5) is 0. The van der Waals surface area contributed by atoms with Crippen LogP contribution in [-0.4, -0.2) is 47.3 Å². The van der Waals surface area contributed by atoms with E-state index in [0.29, 0.717) is 0 Å². The average Bonchev–Trinajstić information content (AvgIpc) is 2.37. The van der Waals surface area contributed by atoms with Crippen LogP contribution in [0.25, 0.3) is 0 Å². The first-order chi connectivity index (χ1) is 8.60. The van der Waals surface area contributed by atoms with Gasteiger partial charge in [-0.25, -0.2) is 0 Å². The monoisotopic (exact) mass is 275 g/mol. The zero-order chi connectivity index (χ0) is 13.9. The molecule has 0 bridgehead atoms. The maximum absolute atomic E-state index is 9.58. The van der Waals surface area contributed by atoms with Gasteiger partial charge in [0.15, 0.2) is 0 Å². The highest BCUT2D eigenvalue weighted by Gasteiger charge is 2.25. The molecule has 0 saturated heterocycles. The molecule has 0 aromatic rings. The molecule has 0 amide bonds. The van der Waals surface area contributed by atoms with Crippen LogP contribution < -0.4 is 0 Å². The maximum atomic E-state index is 9.58. The molecule has 0 rings (SSSR count). The van der Waals surface area contributed by atoms with E-state index in [1.807, 2.05) is 6.92 Å². The van der Waals surface area contributed by atoms with Crippen molar-refractivity contribution in [1.82, 2.24) is 0 Å². The predicted molar refractivity (Wildman–Crippen MR) is 82.7 cm³/mol. The minimum absolute atomic E-state index is 0. The lowest BCUT2D eigenvalue weighted by Gasteiger charge is -2.39. The van der Waals surface area contributed by atoms with Crippen LogP contribution in [0.1, 0.15) is 72.6 Å². The Morgan fingerprint density at radius 3 is 1.42 bits per heavy atom. The van der Waals surface area contributed by atoms with E-state index >= 15 is 0 Å². The topological polar surface area (TPSA) is 50.2 Å². The van der Waals surface area contributed by atoms with E-state index in [1.54, 1.807) is 0 Å². The molecule has 0 aliphatic rings. The number of rotatable bonds is 12. The number of nitrogens with zero attached hydrogens (tertiary/aromatic N) is 1. The molecule has 0 saturated carbocycles. The average molecular weight is 275 g/mol. The Morgan fingerprint density at radius 1 is 0.789 bits per heavy atom. The molecule has 1 unspecified atom stereocenters. The first-order valence-corrected chi connectivity index (χ1v) is 8.13. The van der Waals surface area contributed by atoms with E-state index in [9.17, 15) is 5.11 Å². The third kappa shape index (κ3) is 10.3. The van der Waals surface area contributed by atoms with Crippen LogP contribution in [0.2, 0.25) is 0 Å². The third-order valence-corrected chi connectivity index (χ3v) is 3.98. The van der Waals surface area contributed by atoms with Gasteiger partial charge in [0.05, 0.1) is 32.3 Å². The Morgan fingerprint density at radius 2 is 1.16 bits per heavy atom. The van der Waals surface area contributed by atoms with E-state index in [4.69, 9.17) is 0 Å².